The van der Waals surface area contributed by atoms with Crippen LogP contribution in [-0.2, 0) is 57.8 Å². The van der Waals surface area contributed by atoms with Crippen LogP contribution in [0.4, 0.5) is 0 Å². The standard InChI is InChI=1S/C42H44O8S2/c1-32-22-24-37(25-23-32)52(43,44)49-27-26-45-31-38-39(46-28-33-14-6-2-7-15-33)40(47-29-34-16-8-3-9-17-34)41(48-30-35-18-10-4-11-19-35)42(50-38)51-36-20-12-5-13-21-36/h2-25,38-42H,26-31H2,1H3/t38-,39+,40+,41-,42+/m1/s1. The third kappa shape index (κ3) is 11.1. The summed E-state index contributed by atoms with van der Waals surface area (Å²) in [6, 6.07) is 46.6. The second kappa shape index (κ2) is 19.3. The molecule has 5 atom stereocenters. The predicted octanol–water partition coefficient (Wildman–Crippen LogP) is 7.99. The Balaban J connectivity index is 1.24. The molecule has 0 aliphatic carbocycles. The highest BCUT2D eigenvalue weighted by atomic mass is 32.2. The van der Waals surface area contributed by atoms with E-state index in [1.165, 1.54) is 12.1 Å². The van der Waals surface area contributed by atoms with E-state index < -0.39 is 40.0 Å². The van der Waals surface area contributed by atoms with Gasteiger partial charge in [-0.15, -0.1) is 0 Å². The normalized spacial score (nSPS) is 20.4. The number of rotatable bonds is 18. The topological polar surface area (TPSA) is 89.5 Å². The average Bonchev–Trinajstić information content (AvgIpc) is 3.18. The fourth-order valence-corrected chi connectivity index (χ4v) is 7.82. The molecule has 1 aliphatic rings. The van der Waals surface area contributed by atoms with Crippen molar-refractivity contribution in [3.05, 3.63) is 168 Å². The van der Waals surface area contributed by atoms with E-state index in [2.05, 4.69) is 0 Å². The highest BCUT2D eigenvalue weighted by Crippen LogP contribution is 2.38. The van der Waals surface area contributed by atoms with Gasteiger partial charge in [-0.1, -0.05) is 139 Å². The van der Waals surface area contributed by atoms with Crippen molar-refractivity contribution < 1.29 is 36.3 Å². The van der Waals surface area contributed by atoms with Crippen molar-refractivity contribution >= 4 is 21.9 Å². The molecule has 0 N–H and O–H groups in total. The third-order valence-electron chi connectivity index (χ3n) is 8.50. The Hall–Kier alpha value is -3.84. The summed E-state index contributed by atoms with van der Waals surface area (Å²) in [5, 5.41) is 0. The SMILES string of the molecule is Cc1ccc(S(=O)(=O)OCCOC[C@H]2O[C@@H](Sc3ccccc3)[C@H](OCc3ccccc3)[C@@H](OCc3ccccc3)[C@H]2OCc2ccccc2)cc1. The van der Waals surface area contributed by atoms with Crippen LogP contribution in [0.15, 0.2) is 155 Å². The van der Waals surface area contributed by atoms with Crippen LogP contribution in [0, 0.1) is 6.92 Å². The molecule has 5 aromatic carbocycles. The van der Waals surface area contributed by atoms with Gasteiger partial charge >= 0.3 is 0 Å². The Morgan fingerprint density at radius 2 is 1.06 bits per heavy atom. The van der Waals surface area contributed by atoms with Crippen LogP contribution >= 0.6 is 11.8 Å². The molecule has 0 spiro atoms. The van der Waals surface area contributed by atoms with Gasteiger partial charge in [-0.25, -0.2) is 0 Å². The van der Waals surface area contributed by atoms with Gasteiger partial charge in [0.2, 0.25) is 0 Å². The summed E-state index contributed by atoms with van der Waals surface area (Å²) in [6.45, 7) is 2.88. The third-order valence-corrected chi connectivity index (χ3v) is 11.0. The second-order valence-corrected chi connectivity index (χ2v) is 15.2. The van der Waals surface area contributed by atoms with Gasteiger partial charge in [-0.05, 0) is 47.9 Å². The molecule has 10 heteroatoms. The summed E-state index contributed by atoms with van der Waals surface area (Å²) >= 11 is 1.56. The molecule has 0 bridgehead atoms. The van der Waals surface area contributed by atoms with Gasteiger partial charge in [0.25, 0.3) is 10.1 Å². The van der Waals surface area contributed by atoms with Gasteiger partial charge in [0, 0.05) is 4.90 Å². The van der Waals surface area contributed by atoms with Crippen molar-refractivity contribution in [2.75, 3.05) is 19.8 Å². The summed E-state index contributed by atoms with van der Waals surface area (Å²) in [5.41, 5.74) is 3.52. The van der Waals surface area contributed by atoms with Crippen LogP contribution in [0.25, 0.3) is 0 Å². The molecule has 0 unspecified atom stereocenters. The van der Waals surface area contributed by atoms with E-state index in [-0.39, 0.29) is 24.7 Å². The monoisotopic (exact) mass is 740 g/mol. The van der Waals surface area contributed by atoms with E-state index in [1.54, 1.807) is 23.9 Å². The first-order valence-corrected chi connectivity index (χ1v) is 19.6. The molecule has 5 aromatic rings. The largest absolute Gasteiger partial charge is 0.376 e. The molecule has 0 saturated carbocycles. The number of thioether (sulfide) groups is 1. The van der Waals surface area contributed by atoms with Gasteiger partial charge in [-0.3, -0.25) is 4.18 Å². The molecule has 1 saturated heterocycles. The molecule has 272 valence electrons. The molecule has 1 aliphatic heterocycles. The fourth-order valence-electron chi connectivity index (χ4n) is 5.78. The molecule has 52 heavy (non-hydrogen) atoms. The fraction of sp³-hybridized carbons (Fsp3) is 0.286. The molecule has 6 rings (SSSR count). The van der Waals surface area contributed by atoms with Crippen LogP contribution in [0.2, 0.25) is 0 Å². The lowest BCUT2D eigenvalue weighted by Gasteiger charge is -2.46. The summed E-state index contributed by atoms with van der Waals surface area (Å²) in [5.74, 6) is 0. The van der Waals surface area contributed by atoms with Crippen molar-refractivity contribution in [3.63, 3.8) is 0 Å². The number of benzene rings is 5. The van der Waals surface area contributed by atoms with E-state index in [0.29, 0.717) is 19.8 Å². The zero-order valence-electron chi connectivity index (χ0n) is 29.1. The van der Waals surface area contributed by atoms with Crippen LogP contribution in [0.1, 0.15) is 22.3 Å². The van der Waals surface area contributed by atoms with Crippen molar-refractivity contribution in [1.29, 1.82) is 0 Å². The van der Waals surface area contributed by atoms with Gasteiger partial charge in [0.15, 0.2) is 0 Å². The van der Waals surface area contributed by atoms with E-state index in [1.807, 2.05) is 128 Å². The second-order valence-electron chi connectivity index (χ2n) is 12.4. The molecular weight excluding hydrogens is 697 g/mol. The van der Waals surface area contributed by atoms with Crippen molar-refractivity contribution in [2.24, 2.45) is 0 Å². The minimum Gasteiger partial charge on any atom is -0.376 e. The summed E-state index contributed by atoms with van der Waals surface area (Å²) in [6.07, 6.45) is -2.28. The van der Waals surface area contributed by atoms with Gasteiger partial charge in [-0.2, -0.15) is 8.42 Å². The van der Waals surface area contributed by atoms with E-state index in [0.717, 1.165) is 27.1 Å². The summed E-state index contributed by atoms with van der Waals surface area (Å²) in [4.78, 5) is 1.12. The summed E-state index contributed by atoms with van der Waals surface area (Å²) in [7, 11) is -3.93. The van der Waals surface area contributed by atoms with Gasteiger partial charge in [0.05, 0.1) is 44.5 Å². The van der Waals surface area contributed by atoms with Crippen molar-refractivity contribution in [2.45, 2.75) is 66.4 Å². The van der Waals surface area contributed by atoms with Crippen LogP contribution in [0.5, 0.6) is 0 Å². The van der Waals surface area contributed by atoms with Gasteiger partial charge < -0.3 is 23.7 Å². The maximum absolute atomic E-state index is 12.8. The summed E-state index contributed by atoms with van der Waals surface area (Å²) < 4.78 is 64.0. The lowest BCUT2D eigenvalue weighted by Crippen LogP contribution is -2.60. The maximum atomic E-state index is 12.8. The molecule has 1 heterocycles. The van der Waals surface area contributed by atoms with E-state index >= 15 is 0 Å². The Morgan fingerprint density at radius 1 is 0.577 bits per heavy atom. The molecule has 0 aromatic heterocycles. The Bertz CT molecular complexity index is 1860. The molecule has 1 fully saturated rings. The first-order valence-electron chi connectivity index (χ1n) is 17.3. The quantitative estimate of drug-likeness (QED) is 0.0655. The minimum atomic E-state index is -3.93. The van der Waals surface area contributed by atoms with Gasteiger partial charge in [0.1, 0.15) is 29.9 Å². The highest BCUT2D eigenvalue weighted by Gasteiger charge is 2.49. The first kappa shape index (κ1) is 37.9. The van der Waals surface area contributed by atoms with Crippen LogP contribution < -0.4 is 0 Å². The zero-order valence-corrected chi connectivity index (χ0v) is 30.7. The Labute approximate surface area is 311 Å². The maximum Gasteiger partial charge on any atom is 0.297 e. The Morgan fingerprint density at radius 3 is 1.60 bits per heavy atom. The first-order chi connectivity index (χ1) is 25.4. The van der Waals surface area contributed by atoms with Crippen molar-refractivity contribution in [3.8, 4) is 0 Å². The minimum absolute atomic E-state index is 0.0241. The number of aryl methyl sites for hydroxylation is 1. The zero-order chi connectivity index (χ0) is 36.0. The van der Waals surface area contributed by atoms with Crippen LogP contribution in [-0.4, -0.2) is 58.1 Å². The predicted molar refractivity (Wildman–Crippen MR) is 201 cm³/mol. The molecular formula is C42H44O8S2. The number of hydrogen-bond acceptors (Lipinski definition) is 9. The van der Waals surface area contributed by atoms with Crippen LogP contribution in [0.3, 0.4) is 0 Å². The average molecular weight is 741 g/mol. The highest BCUT2D eigenvalue weighted by molar-refractivity contribution is 7.99. The lowest BCUT2D eigenvalue weighted by atomic mass is 9.99. The molecule has 0 amide bonds. The Kier molecular flexibility index (Phi) is 14.1. The molecule has 8 nitrogen and oxygen atoms in total. The lowest BCUT2D eigenvalue weighted by molar-refractivity contribution is -0.254. The van der Waals surface area contributed by atoms with E-state index in [4.69, 9.17) is 27.9 Å². The molecule has 0 radical (unpaired) electrons. The smallest absolute Gasteiger partial charge is 0.297 e. The van der Waals surface area contributed by atoms with Crippen molar-refractivity contribution in [1.82, 2.24) is 0 Å². The van der Waals surface area contributed by atoms with E-state index in [9.17, 15) is 8.42 Å². The number of ether oxygens (including phenoxy) is 5. The number of hydrogen-bond donors (Lipinski definition) is 0.